The number of amides is 2. The van der Waals surface area contributed by atoms with E-state index in [1.807, 2.05) is 6.92 Å². The van der Waals surface area contributed by atoms with Crippen LogP contribution in [0, 0.1) is 5.92 Å². The molecule has 2 rings (SSSR count). The standard InChI is InChI=1S/C16H22N2O4/c1-3-21-13-7-9-14(10-8-13)22-11(2)15(19)17-18-16(20)12-5-4-6-12/h7-12H,3-6H2,1-2H3,(H,17,19)(H,18,20)/t11-/m0/s1. The fraction of sp³-hybridized carbons (Fsp3) is 0.500. The fourth-order valence-corrected chi connectivity index (χ4v) is 2.04. The molecule has 6 nitrogen and oxygen atoms in total. The SMILES string of the molecule is CCOc1ccc(O[C@@H](C)C(=O)NNC(=O)C2CCC2)cc1. The summed E-state index contributed by atoms with van der Waals surface area (Å²) in [6.07, 6.45) is 2.14. The van der Waals surface area contributed by atoms with Crippen molar-refractivity contribution in [2.24, 2.45) is 5.92 Å². The molecule has 22 heavy (non-hydrogen) atoms. The molecule has 0 aromatic heterocycles. The molecule has 6 heteroatoms. The van der Waals surface area contributed by atoms with Crippen LogP contribution in [0.4, 0.5) is 0 Å². The molecule has 0 bridgehead atoms. The lowest BCUT2D eigenvalue weighted by Gasteiger charge is -2.24. The molecule has 1 aromatic carbocycles. The maximum atomic E-state index is 11.9. The topological polar surface area (TPSA) is 76.7 Å². The number of ether oxygens (including phenoxy) is 2. The average Bonchev–Trinajstić information content (AvgIpc) is 2.45. The fourth-order valence-electron chi connectivity index (χ4n) is 2.04. The second-order valence-corrected chi connectivity index (χ2v) is 5.27. The van der Waals surface area contributed by atoms with Gasteiger partial charge >= 0.3 is 0 Å². The minimum absolute atomic E-state index is 0.0302. The molecule has 1 aromatic rings. The second kappa shape index (κ2) is 7.68. The molecule has 1 aliphatic carbocycles. The first kappa shape index (κ1) is 16.1. The third kappa shape index (κ3) is 4.38. The van der Waals surface area contributed by atoms with Gasteiger partial charge in [-0.1, -0.05) is 6.42 Å². The highest BCUT2D eigenvalue weighted by Crippen LogP contribution is 2.25. The van der Waals surface area contributed by atoms with Crippen LogP contribution in [0.15, 0.2) is 24.3 Å². The van der Waals surface area contributed by atoms with E-state index in [9.17, 15) is 9.59 Å². The highest BCUT2D eigenvalue weighted by molar-refractivity contribution is 5.85. The Morgan fingerprint density at radius 1 is 1.18 bits per heavy atom. The Bertz CT molecular complexity index is 511. The van der Waals surface area contributed by atoms with E-state index in [2.05, 4.69) is 10.9 Å². The van der Waals surface area contributed by atoms with Crippen LogP contribution in [0.3, 0.4) is 0 Å². The van der Waals surface area contributed by atoms with Gasteiger partial charge in [-0.15, -0.1) is 0 Å². The molecule has 120 valence electrons. The zero-order valence-electron chi connectivity index (χ0n) is 12.9. The summed E-state index contributed by atoms with van der Waals surface area (Å²) in [5.74, 6) is 0.827. The summed E-state index contributed by atoms with van der Waals surface area (Å²) in [6, 6.07) is 7.03. The number of benzene rings is 1. The van der Waals surface area contributed by atoms with E-state index in [4.69, 9.17) is 9.47 Å². The van der Waals surface area contributed by atoms with E-state index in [0.29, 0.717) is 12.4 Å². The summed E-state index contributed by atoms with van der Waals surface area (Å²) < 4.78 is 10.9. The Kier molecular flexibility index (Phi) is 5.63. The Hall–Kier alpha value is -2.24. The van der Waals surface area contributed by atoms with Crippen molar-refractivity contribution in [3.8, 4) is 11.5 Å². The van der Waals surface area contributed by atoms with Crippen molar-refractivity contribution < 1.29 is 19.1 Å². The molecule has 0 saturated heterocycles. The second-order valence-electron chi connectivity index (χ2n) is 5.27. The van der Waals surface area contributed by atoms with Crippen LogP contribution < -0.4 is 20.3 Å². The summed E-state index contributed by atoms with van der Waals surface area (Å²) >= 11 is 0. The average molecular weight is 306 g/mol. The van der Waals surface area contributed by atoms with E-state index in [1.54, 1.807) is 31.2 Å². The summed E-state index contributed by atoms with van der Waals surface area (Å²) in [7, 11) is 0. The first-order chi connectivity index (χ1) is 10.6. The minimum Gasteiger partial charge on any atom is -0.494 e. The zero-order valence-corrected chi connectivity index (χ0v) is 12.9. The van der Waals surface area contributed by atoms with Gasteiger partial charge in [0.05, 0.1) is 6.61 Å². The summed E-state index contributed by atoms with van der Waals surface area (Å²) in [5, 5.41) is 0. The number of rotatable bonds is 6. The lowest BCUT2D eigenvalue weighted by molar-refractivity contribution is -0.135. The van der Waals surface area contributed by atoms with Crippen LogP contribution in [-0.2, 0) is 9.59 Å². The number of hydrazine groups is 1. The van der Waals surface area contributed by atoms with Crippen molar-refractivity contribution in [2.75, 3.05) is 6.61 Å². The van der Waals surface area contributed by atoms with Crippen LogP contribution in [0.1, 0.15) is 33.1 Å². The predicted octanol–water partition coefficient (Wildman–Crippen LogP) is 1.80. The van der Waals surface area contributed by atoms with Crippen molar-refractivity contribution in [1.29, 1.82) is 0 Å². The Labute approximate surface area is 130 Å². The zero-order chi connectivity index (χ0) is 15.9. The van der Waals surface area contributed by atoms with Crippen LogP contribution in [0.25, 0.3) is 0 Å². The van der Waals surface area contributed by atoms with Gasteiger partial charge in [-0.3, -0.25) is 20.4 Å². The lowest BCUT2D eigenvalue weighted by Crippen LogP contribution is -2.49. The van der Waals surface area contributed by atoms with Gasteiger partial charge in [0.1, 0.15) is 11.5 Å². The van der Waals surface area contributed by atoms with Crippen LogP contribution in [-0.4, -0.2) is 24.5 Å². The van der Waals surface area contributed by atoms with E-state index in [0.717, 1.165) is 25.0 Å². The molecule has 1 atom stereocenters. The molecule has 1 aliphatic rings. The van der Waals surface area contributed by atoms with E-state index < -0.39 is 6.10 Å². The lowest BCUT2D eigenvalue weighted by atomic mass is 9.85. The first-order valence-corrected chi connectivity index (χ1v) is 7.59. The van der Waals surface area contributed by atoms with Crippen LogP contribution in [0.5, 0.6) is 11.5 Å². The molecule has 0 spiro atoms. The third-order valence-corrected chi connectivity index (χ3v) is 3.60. The normalized spacial score (nSPS) is 15.4. The van der Waals surface area contributed by atoms with E-state index >= 15 is 0 Å². The predicted molar refractivity (Wildman–Crippen MR) is 81.3 cm³/mol. The van der Waals surface area contributed by atoms with Gasteiger partial charge in [0.25, 0.3) is 5.91 Å². The molecular weight excluding hydrogens is 284 g/mol. The summed E-state index contributed by atoms with van der Waals surface area (Å²) in [6.45, 7) is 4.13. The van der Waals surface area contributed by atoms with Gasteiger partial charge in [-0.05, 0) is 51.0 Å². The van der Waals surface area contributed by atoms with Gasteiger partial charge in [0.2, 0.25) is 5.91 Å². The third-order valence-electron chi connectivity index (χ3n) is 3.60. The number of hydrogen-bond donors (Lipinski definition) is 2. The van der Waals surface area contributed by atoms with E-state index in [1.165, 1.54) is 0 Å². The number of carbonyl (C=O) groups is 2. The smallest absolute Gasteiger partial charge is 0.279 e. The van der Waals surface area contributed by atoms with Crippen LogP contribution in [0.2, 0.25) is 0 Å². The van der Waals surface area contributed by atoms with Crippen molar-refractivity contribution in [3.63, 3.8) is 0 Å². The van der Waals surface area contributed by atoms with Crippen LogP contribution >= 0.6 is 0 Å². The van der Waals surface area contributed by atoms with Crippen molar-refractivity contribution in [1.82, 2.24) is 10.9 Å². The van der Waals surface area contributed by atoms with Crippen molar-refractivity contribution in [2.45, 2.75) is 39.2 Å². The molecule has 2 N–H and O–H groups in total. The maximum Gasteiger partial charge on any atom is 0.279 e. The summed E-state index contributed by atoms with van der Waals surface area (Å²) in [4.78, 5) is 23.5. The highest BCUT2D eigenvalue weighted by Gasteiger charge is 2.26. The monoisotopic (exact) mass is 306 g/mol. The Morgan fingerprint density at radius 3 is 2.36 bits per heavy atom. The number of carbonyl (C=O) groups excluding carboxylic acids is 2. The van der Waals surface area contributed by atoms with Gasteiger partial charge in [-0.2, -0.15) is 0 Å². The van der Waals surface area contributed by atoms with Gasteiger partial charge in [0, 0.05) is 5.92 Å². The molecule has 0 unspecified atom stereocenters. The molecule has 0 radical (unpaired) electrons. The summed E-state index contributed by atoms with van der Waals surface area (Å²) in [5.41, 5.74) is 4.83. The minimum atomic E-state index is -0.709. The van der Waals surface area contributed by atoms with Gasteiger partial charge in [0.15, 0.2) is 6.10 Å². The molecule has 0 aliphatic heterocycles. The van der Waals surface area contributed by atoms with Gasteiger partial charge in [-0.25, -0.2) is 0 Å². The first-order valence-electron chi connectivity index (χ1n) is 7.59. The quantitative estimate of drug-likeness (QED) is 0.786. The molecule has 1 saturated carbocycles. The van der Waals surface area contributed by atoms with Crippen molar-refractivity contribution in [3.05, 3.63) is 24.3 Å². The molecular formula is C16H22N2O4. The van der Waals surface area contributed by atoms with E-state index in [-0.39, 0.29) is 17.7 Å². The Balaban J connectivity index is 1.76. The largest absolute Gasteiger partial charge is 0.494 e. The molecule has 2 amide bonds. The Morgan fingerprint density at radius 2 is 1.82 bits per heavy atom. The highest BCUT2D eigenvalue weighted by atomic mass is 16.5. The number of nitrogens with one attached hydrogen (secondary N) is 2. The van der Waals surface area contributed by atoms with Gasteiger partial charge < -0.3 is 9.47 Å². The molecule has 1 fully saturated rings. The van der Waals surface area contributed by atoms with Crippen molar-refractivity contribution >= 4 is 11.8 Å². The molecule has 0 heterocycles. The maximum absolute atomic E-state index is 11.9. The number of hydrogen-bond acceptors (Lipinski definition) is 4.